The molecule has 1 atom stereocenters. The van der Waals surface area contributed by atoms with Crippen molar-refractivity contribution in [3.05, 3.63) is 42.0 Å². The van der Waals surface area contributed by atoms with Crippen LogP contribution in [0, 0.1) is 5.92 Å². The Morgan fingerprint density at radius 3 is 2.56 bits per heavy atom. The first-order valence-corrected chi connectivity index (χ1v) is 9.15. The van der Waals surface area contributed by atoms with Crippen LogP contribution in [-0.2, 0) is 11.2 Å². The van der Waals surface area contributed by atoms with Gasteiger partial charge in [0.15, 0.2) is 5.11 Å². The predicted molar refractivity (Wildman–Crippen MR) is 112 cm³/mol. The summed E-state index contributed by atoms with van der Waals surface area (Å²) < 4.78 is 10.6. The highest BCUT2D eigenvalue weighted by Gasteiger charge is 2.21. The van der Waals surface area contributed by atoms with Crippen LogP contribution in [-0.4, -0.2) is 25.2 Å². The maximum atomic E-state index is 12.1. The van der Waals surface area contributed by atoms with E-state index in [2.05, 4.69) is 16.0 Å². The number of aryl methyl sites for hydroxylation is 1. The van der Waals surface area contributed by atoms with E-state index in [9.17, 15) is 4.79 Å². The van der Waals surface area contributed by atoms with E-state index in [1.807, 2.05) is 43.3 Å². The number of rotatable bonds is 4. The Morgan fingerprint density at radius 2 is 1.89 bits per heavy atom. The number of benzene rings is 2. The lowest BCUT2D eigenvalue weighted by Crippen LogP contribution is -2.20. The molecule has 0 aromatic heterocycles. The summed E-state index contributed by atoms with van der Waals surface area (Å²) in [6.07, 6.45) is 1.62. The lowest BCUT2D eigenvalue weighted by molar-refractivity contribution is -0.119. The van der Waals surface area contributed by atoms with Crippen molar-refractivity contribution >= 4 is 40.3 Å². The molecule has 0 saturated carbocycles. The Bertz CT molecular complexity index is 852. The molecular formula is C20H23N3O3S. The number of thiocarbonyl (C=S) groups is 1. The molecule has 2 aromatic carbocycles. The fourth-order valence-corrected chi connectivity index (χ4v) is 3.16. The van der Waals surface area contributed by atoms with E-state index in [-0.39, 0.29) is 11.8 Å². The van der Waals surface area contributed by atoms with Crippen LogP contribution in [0.4, 0.5) is 17.1 Å². The molecule has 0 saturated heterocycles. The Hall–Kier alpha value is -2.80. The average molecular weight is 385 g/mol. The zero-order chi connectivity index (χ0) is 19.4. The topological polar surface area (TPSA) is 71.6 Å². The van der Waals surface area contributed by atoms with E-state index in [4.69, 9.17) is 21.7 Å². The Labute approximate surface area is 164 Å². The number of ether oxygens (including phenoxy) is 2. The predicted octanol–water partition coefficient (Wildman–Crippen LogP) is 4.03. The fraction of sp³-hybridized carbons (Fsp3) is 0.300. The van der Waals surface area contributed by atoms with E-state index in [1.165, 1.54) is 0 Å². The Kier molecular flexibility index (Phi) is 5.81. The highest BCUT2D eigenvalue weighted by Crippen LogP contribution is 2.34. The second-order valence-electron chi connectivity index (χ2n) is 6.45. The number of hydrogen-bond acceptors (Lipinski definition) is 4. The van der Waals surface area contributed by atoms with E-state index in [0.717, 1.165) is 41.2 Å². The van der Waals surface area contributed by atoms with Crippen molar-refractivity contribution in [2.45, 2.75) is 19.8 Å². The maximum absolute atomic E-state index is 12.1. The number of methoxy groups -OCH3 is 2. The molecule has 142 valence electrons. The molecule has 2 aromatic rings. The summed E-state index contributed by atoms with van der Waals surface area (Å²) in [7, 11) is 3.22. The summed E-state index contributed by atoms with van der Waals surface area (Å²) in [5, 5.41) is 9.74. The molecular weight excluding hydrogens is 362 g/mol. The van der Waals surface area contributed by atoms with Gasteiger partial charge in [0.1, 0.15) is 11.5 Å². The van der Waals surface area contributed by atoms with E-state index >= 15 is 0 Å². The number of nitrogens with one attached hydrogen (secondary N) is 3. The minimum atomic E-state index is -0.0161. The summed E-state index contributed by atoms with van der Waals surface area (Å²) in [5.74, 6) is 1.41. The molecule has 0 spiro atoms. The summed E-state index contributed by atoms with van der Waals surface area (Å²) in [6.45, 7) is 1.94. The highest BCUT2D eigenvalue weighted by atomic mass is 32.1. The summed E-state index contributed by atoms with van der Waals surface area (Å²) in [4.78, 5) is 12.1. The van der Waals surface area contributed by atoms with Crippen LogP contribution in [0.15, 0.2) is 36.4 Å². The van der Waals surface area contributed by atoms with E-state index in [1.54, 1.807) is 14.2 Å². The van der Waals surface area contributed by atoms with Crippen molar-refractivity contribution in [3.8, 4) is 11.5 Å². The average Bonchev–Trinajstić information content (AvgIpc) is 2.80. The van der Waals surface area contributed by atoms with Gasteiger partial charge in [-0.15, -0.1) is 0 Å². The minimum absolute atomic E-state index is 0.0161. The van der Waals surface area contributed by atoms with E-state index < -0.39 is 0 Å². The number of carbonyl (C=O) groups is 1. The number of fused-ring (bicyclic) bond motifs is 1. The van der Waals surface area contributed by atoms with Crippen molar-refractivity contribution in [1.29, 1.82) is 0 Å². The van der Waals surface area contributed by atoms with Crippen LogP contribution in [0.2, 0.25) is 0 Å². The number of hydrogen-bond donors (Lipinski definition) is 3. The largest absolute Gasteiger partial charge is 0.497 e. The molecule has 1 unspecified atom stereocenters. The van der Waals surface area contributed by atoms with Crippen molar-refractivity contribution in [2.24, 2.45) is 5.92 Å². The normalized spacial score (nSPS) is 15.8. The van der Waals surface area contributed by atoms with Crippen LogP contribution in [0.5, 0.6) is 11.5 Å². The van der Waals surface area contributed by atoms with Crippen molar-refractivity contribution in [3.63, 3.8) is 0 Å². The summed E-state index contributed by atoms with van der Waals surface area (Å²) in [6, 6.07) is 11.3. The maximum Gasteiger partial charge on any atom is 0.227 e. The Morgan fingerprint density at radius 1 is 1.15 bits per heavy atom. The third-order valence-corrected chi connectivity index (χ3v) is 4.78. The molecule has 3 rings (SSSR count). The molecule has 1 aliphatic rings. The van der Waals surface area contributed by atoms with Crippen LogP contribution in [0.3, 0.4) is 0 Å². The molecule has 1 amide bonds. The fourth-order valence-electron chi connectivity index (χ4n) is 2.93. The molecule has 3 N–H and O–H groups in total. The summed E-state index contributed by atoms with van der Waals surface area (Å²) >= 11 is 5.43. The molecule has 1 heterocycles. The zero-order valence-corrected chi connectivity index (χ0v) is 16.4. The first-order valence-electron chi connectivity index (χ1n) is 8.74. The molecule has 7 heteroatoms. The van der Waals surface area contributed by atoms with Gasteiger partial charge >= 0.3 is 0 Å². The van der Waals surface area contributed by atoms with Gasteiger partial charge < -0.3 is 25.4 Å². The minimum Gasteiger partial charge on any atom is -0.497 e. The Balaban J connectivity index is 1.77. The third kappa shape index (κ3) is 4.49. The van der Waals surface area contributed by atoms with Gasteiger partial charge in [-0.25, -0.2) is 0 Å². The van der Waals surface area contributed by atoms with Gasteiger partial charge in [0.25, 0.3) is 0 Å². The SMILES string of the molecule is COc1ccc(NC(=S)Nc2cc3c(cc2OC)NC(=O)C(C)CC3)cc1. The molecule has 6 nitrogen and oxygen atoms in total. The third-order valence-electron chi connectivity index (χ3n) is 4.57. The monoisotopic (exact) mass is 385 g/mol. The number of amides is 1. The number of anilines is 3. The van der Waals surface area contributed by atoms with Gasteiger partial charge in [0.05, 0.1) is 19.9 Å². The molecule has 0 fully saturated rings. The molecule has 0 aliphatic carbocycles. The van der Waals surface area contributed by atoms with Crippen LogP contribution < -0.4 is 25.4 Å². The van der Waals surface area contributed by atoms with Crippen molar-refractivity contribution in [2.75, 3.05) is 30.2 Å². The number of carbonyl (C=O) groups excluding carboxylic acids is 1. The second kappa shape index (κ2) is 8.26. The van der Waals surface area contributed by atoms with Gasteiger partial charge in [0.2, 0.25) is 5.91 Å². The zero-order valence-electron chi connectivity index (χ0n) is 15.6. The highest BCUT2D eigenvalue weighted by molar-refractivity contribution is 7.80. The second-order valence-corrected chi connectivity index (χ2v) is 6.85. The van der Waals surface area contributed by atoms with E-state index in [0.29, 0.717) is 10.9 Å². The van der Waals surface area contributed by atoms with Gasteiger partial charge in [0, 0.05) is 23.4 Å². The smallest absolute Gasteiger partial charge is 0.227 e. The standard InChI is InChI=1S/C20H23N3O3S/c1-12-4-5-13-10-17(18(26-3)11-16(13)22-19(12)24)23-20(27)21-14-6-8-15(25-2)9-7-14/h6-12H,4-5H2,1-3H3,(H,22,24)(H2,21,23,27). The first kappa shape index (κ1) is 19.0. The van der Waals surface area contributed by atoms with Crippen molar-refractivity contribution < 1.29 is 14.3 Å². The molecule has 0 radical (unpaired) electrons. The molecule has 0 bridgehead atoms. The van der Waals surface area contributed by atoms with Gasteiger partial charge in [-0.1, -0.05) is 6.92 Å². The summed E-state index contributed by atoms with van der Waals surface area (Å²) in [5.41, 5.74) is 3.46. The quantitative estimate of drug-likeness (QED) is 0.690. The lowest BCUT2D eigenvalue weighted by Gasteiger charge is -2.17. The van der Waals surface area contributed by atoms with Gasteiger partial charge in [-0.3, -0.25) is 4.79 Å². The molecule has 1 aliphatic heterocycles. The first-order chi connectivity index (χ1) is 13.0. The van der Waals surface area contributed by atoms with Gasteiger partial charge in [-0.05, 0) is 61.0 Å². The van der Waals surface area contributed by atoms with Crippen molar-refractivity contribution in [1.82, 2.24) is 0 Å². The van der Waals surface area contributed by atoms with Crippen LogP contribution >= 0.6 is 12.2 Å². The lowest BCUT2D eigenvalue weighted by atomic mass is 10.0. The molecule has 27 heavy (non-hydrogen) atoms. The van der Waals surface area contributed by atoms with Gasteiger partial charge in [-0.2, -0.15) is 0 Å². The van der Waals surface area contributed by atoms with Crippen LogP contribution in [0.1, 0.15) is 18.9 Å². The van der Waals surface area contributed by atoms with Crippen LogP contribution in [0.25, 0.3) is 0 Å².